The van der Waals surface area contributed by atoms with Crippen molar-refractivity contribution < 1.29 is 19.1 Å². The van der Waals surface area contributed by atoms with Gasteiger partial charge in [0.2, 0.25) is 5.91 Å². The SMILES string of the molecule is O=C(O)C1CCCN1C(=O)C1(c2ccc(F)cc2)CC1. The van der Waals surface area contributed by atoms with Gasteiger partial charge in [-0.1, -0.05) is 12.1 Å². The number of benzene rings is 1. The van der Waals surface area contributed by atoms with Crippen molar-refractivity contribution >= 4 is 11.9 Å². The molecule has 1 unspecified atom stereocenters. The van der Waals surface area contributed by atoms with E-state index in [0.717, 1.165) is 12.0 Å². The van der Waals surface area contributed by atoms with E-state index in [0.29, 0.717) is 25.8 Å². The van der Waals surface area contributed by atoms with Crippen molar-refractivity contribution in [2.75, 3.05) is 6.54 Å². The molecular formula is C15H16FNO3. The zero-order valence-corrected chi connectivity index (χ0v) is 11.0. The van der Waals surface area contributed by atoms with Gasteiger partial charge in [-0.25, -0.2) is 9.18 Å². The molecule has 0 radical (unpaired) electrons. The molecule has 1 amide bonds. The summed E-state index contributed by atoms with van der Waals surface area (Å²) in [6.07, 6.45) is 2.66. The molecule has 1 aromatic rings. The minimum atomic E-state index is -0.939. The number of carboxylic acids is 1. The highest BCUT2D eigenvalue weighted by Crippen LogP contribution is 2.50. The maximum absolute atomic E-state index is 13.0. The van der Waals surface area contributed by atoms with Crippen LogP contribution in [-0.4, -0.2) is 34.5 Å². The summed E-state index contributed by atoms with van der Waals surface area (Å²) in [5, 5.41) is 9.18. The van der Waals surface area contributed by atoms with Gasteiger partial charge >= 0.3 is 5.97 Å². The molecule has 1 aliphatic heterocycles. The van der Waals surface area contributed by atoms with Crippen LogP contribution in [0, 0.1) is 5.82 Å². The van der Waals surface area contributed by atoms with E-state index in [1.54, 1.807) is 12.1 Å². The quantitative estimate of drug-likeness (QED) is 0.918. The third kappa shape index (κ3) is 1.97. The molecular weight excluding hydrogens is 261 g/mol. The third-order valence-corrected chi connectivity index (χ3v) is 4.35. The lowest BCUT2D eigenvalue weighted by atomic mass is 9.94. The maximum atomic E-state index is 13.0. The standard InChI is InChI=1S/C15H16FNO3/c16-11-5-3-10(4-6-11)15(7-8-15)14(20)17-9-1-2-12(17)13(18)19/h3-6,12H,1-2,7-9H2,(H,18,19). The van der Waals surface area contributed by atoms with Gasteiger partial charge in [-0.3, -0.25) is 4.79 Å². The summed E-state index contributed by atoms with van der Waals surface area (Å²) in [4.78, 5) is 25.4. The van der Waals surface area contributed by atoms with Gasteiger partial charge < -0.3 is 10.0 Å². The average molecular weight is 277 g/mol. The van der Waals surface area contributed by atoms with Crippen LogP contribution in [0.3, 0.4) is 0 Å². The second kappa shape index (κ2) is 4.58. The smallest absolute Gasteiger partial charge is 0.326 e. The Hall–Kier alpha value is -1.91. The molecule has 5 heteroatoms. The Bertz CT molecular complexity index is 551. The fraction of sp³-hybridized carbons (Fsp3) is 0.467. The molecule has 1 N–H and O–H groups in total. The Morgan fingerprint density at radius 2 is 1.90 bits per heavy atom. The number of amides is 1. The number of carbonyl (C=O) groups is 2. The number of rotatable bonds is 3. The monoisotopic (exact) mass is 277 g/mol. The molecule has 1 saturated heterocycles. The highest BCUT2D eigenvalue weighted by Gasteiger charge is 2.55. The van der Waals surface area contributed by atoms with E-state index >= 15 is 0 Å². The Balaban J connectivity index is 1.86. The van der Waals surface area contributed by atoms with Crippen LogP contribution in [0.2, 0.25) is 0 Å². The maximum Gasteiger partial charge on any atom is 0.326 e. The summed E-state index contributed by atoms with van der Waals surface area (Å²) < 4.78 is 13.0. The molecule has 2 aliphatic rings. The first kappa shape index (κ1) is 13.1. The number of nitrogens with zero attached hydrogens (tertiary/aromatic N) is 1. The van der Waals surface area contributed by atoms with Gasteiger partial charge in [0.25, 0.3) is 0 Å². The van der Waals surface area contributed by atoms with Crippen molar-refractivity contribution in [2.45, 2.75) is 37.1 Å². The predicted octanol–water partition coefficient (Wildman–Crippen LogP) is 1.93. The van der Waals surface area contributed by atoms with Gasteiger partial charge in [0.1, 0.15) is 11.9 Å². The zero-order chi connectivity index (χ0) is 14.3. The van der Waals surface area contributed by atoms with E-state index in [-0.39, 0.29) is 11.7 Å². The summed E-state index contributed by atoms with van der Waals surface area (Å²) in [5.41, 5.74) is 0.172. The lowest BCUT2D eigenvalue weighted by Crippen LogP contribution is -2.45. The van der Waals surface area contributed by atoms with Crippen LogP contribution in [0.5, 0.6) is 0 Å². The topological polar surface area (TPSA) is 57.6 Å². The van der Waals surface area contributed by atoms with Gasteiger partial charge in [0.15, 0.2) is 0 Å². The Labute approximate surface area is 116 Å². The molecule has 1 saturated carbocycles. The summed E-state index contributed by atoms with van der Waals surface area (Å²) in [6.45, 7) is 0.499. The fourth-order valence-corrected chi connectivity index (χ4v) is 3.06. The average Bonchev–Trinajstić information content (AvgIpc) is 3.08. The Morgan fingerprint density at radius 1 is 1.25 bits per heavy atom. The van der Waals surface area contributed by atoms with Crippen molar-refractivity contribution in [2.24, 2.45) is 0 Å². The van der Waals surface area contributed by atoms with Crippen molar-refractivity contribution in [1.29, 1.82) is 0 Å². The number of hydrogen-bond donors (Lipinski definition) is 1. The third-order valence-electron chi connectivity index (χ3n) is 4.35. The molecule has 2 fully saturated rings. The van der Waals surface area contributed by atoms with Crippen LogP contribution in [0.15, 0.2) is 24.3 Å². The van der Waals surface area contributed by atoms with E-state index in [4.69, 9.17) is 0 Å². The van der Waals surface area contributed by atoms with E-state index in [1.165, 1.54) is 17.0 Å². The molecule has 0 bridgehead atoms. The normalized spacial score (nSPS) is 23.6. The van der Waals surface area contributed by atoms with Crippen LogP contribution in [0.1, 0.15) is 31.2 Å². The number of aliphatic carboxylic acids is 1. The van der Waals surface area contributed by atoms with E-state index in [2.05, 4.69) is 0 Å². The highest BCUT2D eigenvalue weighted by atomic mass is 19.1. The molecule has 1 aliphatic carbocycles. The van der Waals surface area contributed by atoms with Crippen molar-refractivity contribution in [3.05, 3.63) is 35.6 Å². The summed E-state index contributed by atoms with van der Waals surface area (Å²) in [7, 11) is 0. The molecule has 0 aromatic heterocycles. The van der Waals surface area contributed by atoms with Gasteiger partial charge in [-0.15, -0.1) is 0 Å². The van der Waals surface area contributed by atoms with Gasteiger partial charge in [0, 0.05) is 6.54 Å². The fourth-order valence-electron chi connectivity index (χ4n) is 3.06. The molecule has 1 aromatic carbocycles. The second-order valence-electron chi connectivity index (χ2n) is 5.58. The van der Waals surface area contributed by atoms with E-state index in [9.17, 15) is 19.1 Å². The lowest BCUT2D eigenvalue weighted by molar-refractivity contribution is -0.149. The number of likely N-dealkylation sites (tertiary alicyclic amines) is 1. The lowest BCUT2D eigenvalue weighted by Gasteiger charge is -2.27. The van der Waals surface area contributed by atoms with E-state index < -0.39 is 17.4 Å². The number of halogens is 1. The molecule has 0 spiro atoms. The van der Waals surface area contributed by atoms with Crippen LogP contribution in [0.25, 0.3) is 0 Å². The first-order valence-electron chi connectivity index (χ1n) is 6.84. The molecule has 106 valence electrons. The predicted molar refractivity (Wildman–Crippen MR) is 69.7 cm³/mol. The molecule has 4 nitrogen and oxygen atoms in total. The van der Waals surface area contributed by atoms with Crippen LogP contribution < -0.4 is 0 Å². The summed E-state index contributed by atoms with van der Waals surface area (Å²) in [5.74, 6) is -1.39. The Morgan fingerprint density at radius 3 is 2.45 bits per heavy atom. The second-order valence-corrected chi connectivity index (χ2v) is 5.58. The summed E-state index contributed by atoms with van der Waals surface area (Å²) >= 11 is 0. The molecule has 1 heterocycles. The highest BCUT2D eigenvalue weighted by molar-refractivity contribution is 5.94. The number of hydrogen-bond acceptors (Lipinski definition) is 2. The molecule has 3 rings (SSSR count). The minimum Gasteiger partial charge on any atom is -0.480 e. The largest absolute Gasteiger partial charge is 0.480 e. The Kier molecular flexibility index (Phi) is 3.00. The number of carboxylic acid groups (broad SMARTS) is 1. The molecule has 1 atom stereocenters. The first-order chi connectivity index (χ1) is 9.54. The van der Waals surface area contributed by atoms with Gasteiger partial charge in [-0.2, -0.15) is 0 Å². The van der Waals surface area contributed by atoms with Crippen LogP contribution in [0.4, 0.5) is 4.39 Å². The number of carbonyl (C=O) groups excluding carboxylic acids is 1. The van der Waals surface area contributed by atoms with Gasteiger partial charge in [0.05, 0.1) is 5.41 Å². The zero-order valence-electron chi connectivity index (χ0n) is 11.0. The molecule has 20 heavy (non-hydrogen) atoms. The first-order valence-corrected chi connectivity index (χ1v) is 6.84. The minimum absolute atomic E-state index is 0.117. The van der Waals surface area contributed by atoms with E-state index in [1.807, 2.05) is 0 Å². The van der Waals surface area contributed by atoms with Gasteiger partial charge in [-0.05, 0) is 43.4 Å². The van der Waals surface area contributed by atoms with Crippen molar-refractivity contribution in [1.82, 2.24) is 4.90 Å². The van der Waals surface area contributed by atoms with Crippen LogP contribution >= 0.6 is 0 Å². The summed E-state index contributed by atoms with van der Waals surface area (Å²) in [6, 6.07) is 5.25. The van der Waals surface area contributed by atoms with Crippen molar-refractivity contribution in [3.8, 4) is 0 Å². The van der Waals surface area contributed by atoms with Crippen LogP contribution in [-0.2, 0) is 15.0 Å². The van der Waals surface area contributed by atoms with Crippen molar-refractivity contribution in [3.63, 3.8) is 0 Å².